The van der Waals surface area contributed by atoms with Crippen LogP contribution in [0.3, 0.4) is 0 Å². The molecular formula is C10H18N2. The van der Waals surface area contributed by atoms with Crippen molar-refractivity contribution in [2.45, 2.75) is 33.4 Å². The highest BCUT2D eigenvalue weighted by Gasteiger charge is 2.06. The van der Waals surface area contributed by atoms with Gasteiger partial charge in [0.2, 0.25) is 0 Å². The Kier molecular flexibility index (Phi) is 3.35. The summed E-state index contributed by atoms with van der Waals surface area (Å²) in [5, 5.41) is 3.40. The molecule has 0 saturated heterocycles. The molecule has 0 aromatic carbocycles. The van der Waals surface area contributed by atoms with Crippen LogP contribution < -0.4 is 5.32 Å². The Morgan fingerprint density at radius 1 is 1.50 bits per heavy atom. The third kappa shape index (κ3) is 1.89. The third-order valence-corrected chi connectivity index (χ3v) is 2.16. The molecule has 68 valence electrons. The van der Waals surface area contributed by atoms with E-state index in [2.05, 4.69) is 49.0 Å². The summed E-state index contributed by atoms with van der Waals surface area (Å²) in [5.41, 5.74) is 1.37. The molecule has 0 saturated carbocycles. The first-order chi connectivity index (χ1) is 5.79. The van der Waals surface area contributed by atoms with E-state index in [4.69, 9.17) is 0 Å². The zero-order chi connectivity index (χ0) is 8.97. The van der Waals surface area contributed by atoms with Crippen molar-refractivity contribution in [3.63, 3.8) is 0 Å². The maximum atomic E-state index is 3.40. The molecule has 0 radical (unpaired) electrons. The number of nitrogens with zero attached hydrogens (tertiary/aromatic N) is 1. The van der Waals surface area contributed by atoms with E-state index < -0.39 is 0 Å². The second kappa shape index (κ2) is 4.31. The van der Waals surface area contributed by atoms with Crippen molar-refractivity contribution >= 4 is 0 Å². The molecule has 1 N–H and O–H groups in total. The lowest BCUT2D eigenvalue weighted by atomic mass is 10.2. The number of aromatic nitrogens is 1. The largest absolute Gasteiger partial charge is 0.350 e. The van der Waals surface area contributed by atoms with Crippen molar-refractivity contribution in [3.8, 4) is 0 Å². The van der Waals surface area contributed by atoms with Gasteiger partial charge in [0.25, 0.3) is 0 Å². The van der Waals surface area contributed by atoms with Gasteiger partial charge in [0.15, 0.2) is 0 Å². The summed E-state index contributed by atoms with van der Waals surface area (Å²) in [6.07, 6.45) is 2.13. The van der Waals surface area contributed by atoms with Gasteiger partial charge in [-0.3, -0.25) is 0 Å². The van der Waals surface area contributed by atoms with Crippen LogP contribution in [0.5, 0.6) is 0 Å². The van der Waals surface area contributed by atoms with Crippen molar-refractivity contribution in [2.24, 2.45) is 0 Å². The van der Waals surface area contributed by atoms with Crippen LogP contribution in [0.4, 0.5) is 0 Å². The van der Waals surface area contributed by atoms with Crippen LogP contribution in [0.2, 0.25) is 0 Å². The number of hydrogen-bond acceptors (Lipinski definition) is 1. The van der Waals surface area contributed by atoms with E-state index >= 15 is 0 Å². The van der Waals surface area contributed by atoms with Gasteiger partial charge in [0.05, 0.1) is 0 Å². The Hall–Kier alpha value is -0.760. The molecule has 2 nitrogen and oxygen atoms in total. The monoisotopic (exact) mass is 166 g/mol. The number of aryl methyl sites for hydroxylation is 1. The first-order valence-corrected chi connectivity index (χ1v) is 4.68. The van der Waals surface area contributed by atoms with Gasteiger partial charge in [-0.1, -0.05) is 6.92 Å². The van der Waals surface area contributed by atoms with Gasteiger partial charge in [-0.25, -0.2) is 0 Å². The van der Waals surface area contributed by atoms with E-state index in [-0.39, 0.29) is 0 Å². The predicted octanol–water partition coefficient (Wildman–Crippen LogP) is 2.18. The second-order valence-electron chi connectivity index (χ2n) is 3.00. The van der Waals surface area contributed by atoms with Crippen LogP contribution in [0.1, 0.15) is 32.5 Å². The van der Waals surface area contributed by atoms with Gasteiger partial charge < -0.3 is 9.88 Å². The van der Waals surface area contributed by atoms with Gasteiger partial charge in [-0.15, -0.1) is 0 Å². The molecule has 0 fully saturated rings. The summed E-state index contributed by atoms with van der Waals surface area (Å²) in [6, 6.07) is 4.74. The molecule has 2 heteroatoms. The Balaban J connectivity index is 2.71. The fourth-order valence-electron chi connectivity index (χ4n) is 1.52. The van der Waals surface area contributed by atoms with Gasteiger partial charge >= 0.3 is 0 Å². The molecule has 0 aliphatic carbocycles. The lowest BCUT2D eigenvalue weighted by Crippen LogP contribution is -2.20. The highest BCUT2D eigenvalue weighted by atomic mass is 15.0. The third-order valence-electron chi connectivity index (χ3n) is 2.16. The maximum absolute atomic E-state index is 3.40. The van der Waals surface area contributed by atoms with Crippen molar-refractivity contribution in [1.82, 2.24) is 9.88 Å². The van der Waals surface area contributed by atoms with Crippen molar-refractivity contribution in [3.05, 3.63) is 24.0 Å². The number of rotatable bonds is 4. The van der Waals surface area contributed by atoms with Crippen LogP contribution in [0, 0.1) is 0 Å². The zero-order valence-corrected chi connectivity index (χ0v) is 8.17. The minimum Gasteiger partial charge on any atom is -0.350 e. The van der Waals surface area contributed by atoms with Gasteiger partial charge in [0.1, 0.15) is 0 Å². The lowest BCUT2D eigenvalue weighted by molar-refractivity contribution is 0.548. The molecule has 0 aliphatic heterocycles. The van der Waals surface area contributed by atoms with Crippen molar-refractivity contribution < 1.29 is 0 Å². The van der Waals surface area contributed by atoms with E-state index in [0.29, 0.717) is 6.04 Å². The first kappa shape index (κ1) is 9.33. The molecule has 0 amide bonds. The van der Waals surface area contributed by atoms with E-state index in [9.17, 15) is 0 Å². The summed E-state index contributed by atoms with van der Waals surface area (Å²) in [5.74, 6) is 0. The Bertz CT molecular complexity index is 227. The molecule has 1 aromatic heterocycles. The highest BCUT2D eigenvalue weighted by molar-refractivity contribution is 5.11. The molecule has 1 unspecified atom stereocenters. The minimum atomic E-state index is 0.463. The second-order valence-corrected chi connectivity index (χ2v) is 3.00. The molecular weight excluding hydrogens is 148 g/mol. The van der Waals surface area contributed by atoms with Gasteiger partial charge in [-0.05, 0) is 32.5 Å². The van der Waals surface area contributed by atoms with E-state index in [1.165, 1.54) is 5.69 Å². The molecule has 0 bridgehead atoms. The quantitative estimate of drug-likeness (QED) is 0.725. The van der Waals surface area contributed by atoms with Crippen LogP contribution in [-0.4, -0.2) is 11.1 Å². The highest BCUT2D eigenvalue weighted by Crippen LogP contribution is 2.12. The summed E-state index contributed by atoms with van der Waals surface area (Å²) in [7, 11) is 0. The molecule has 12 heavy (non-hydrogen) atoms. The maximum Gasteiger partial charge on any atom is 0.0446 e. The van der Waals surface area contributed by atoms with E-state index in [1.54, 1.807) is 0 Å². The van der Waals surface area contributed by atoms with Crippen molar-refractivity contribution in [2.75, 3.05) is 6.54 Å². The molecule has 1 heterocycles. The smallest absolute Gasteiger partial charge is 0.0446 e. The lowest BCUT2D eigenvalue weighted by Gasteiger charge is -2.14. The summed E-state index contributed by atoms with van der Waals surface area (Å²) in [6.45, 7) is 8.58. The van der Waals surface area contributed by atoms with Gasteiger partial charge in [-0.2, -0.15) is 0 Å². The van der Waals surface area contributed by atoms with Crippen LogP contribution in [0.15, 0.2) is 18.3 Å². The first-order valence-electron chi connectivity index (χ1n) is 4.68. The van der Waals surface area contributed by atoms with Crippen molar-refractivity contribution in [1.29, 1.82) is 0 Å². The average Bonchev–Trinajstić information content (AvgIpc) is 2.51. The summed E-state index contributed by atoms with van der Waals surface area (Å²) < 4.78 is 2.27. The number of nitrogens with one attached hydrogen (secondary N) is 1. The van der Waals surface area contributed by atoms with Crippen LogP contribution in [0.25, 0.3) is 0 Å². The van der Waals surface area contributed by atoms with Crippen LogP contribution in [-0.2, 0) is 6.54 Å². The summed E-state index contributed by atoms with van der Waals surface area (Å²) >= 11 is 0. The standard InChI is InChI=1S/C10H18N2/c1-4-11-9(3)10-7-6-8-12(10)5-2/h6-9,11H,4-5H2,1-3H3. The van der Waals surface area contributed by atoms with E-state index in [0.717, 1.165) is 13.1 Å². The van der Waals surface area contributed by atoms with Gasteiger partial charge in [0, 0.05) is 24.5 Å². The molecule has 1 atom stereocenters. The molecule has 0 aliphatic rings. The normalized spacial score (nSPS) is 13.2. The molecule has 0 spiro atoms. The Morgan fingerprint density at radius 3 is 2.83 bits per heavy atom. The summed E-state index contributed by atoms with van der Waals surface area (Å²) in [4.78, 5) is 0. The topological polar surface area (TPSA) is 17.0 Å². The van der Waals surface area contributed by atoms with Crippen LogP contribution >= 0.6 is 0 Å². The minimum absolute atomic E-state index is 0.463. The molecule has 1 aromatic rings. The Labute approximate surface area is 74.6 Å². The fourth-order valence-corrected chi connectivity index (χ4v) is 1.52. The number of hydrogen-bond donors (Lipinski definition) is 1. The fraction of sp³-hybridized carbons (Fsp3) is 0.600. The zero-order valence-electron chi connectivity index (χ0n) is 8.17. The predicted molar refractivity (Wildman–Crippen MR) is 52.2 cm³/mol. The van der Waals surface area contributed by atoms with E-state index in [1.807, 2.05) is 0 Å². The SMILES string of the molecule is CCNC(C)c1cccn1CC. The molecule has 1 rings (SSSR count). The Morgan fingerprint density at radius 2 is 2.25 bits per heavy atom. The average molecular weight is 166 g/mol.